The van der Waals surface area contributed by atoms with Crippen molar-refractivity contribution in [3.05, 3.63) is 64.7 Å². The predicted molar refractivity (Wildman–Crippen MR) is 209 cm³/mol. The second-order valence-corrected chi connectivity index (χ2v) is 15.4. The quantitative estimate of drug-likeness (QED) is 0.185. The van der Waals surface area contributed by atoms with E-state index in [1.807, 2.05) is 20.2 Å². The number of hydrogen-bond donors (Lipinski definition) is 2. The first kappa shape index (κ1) is 37.3. The van der Waals surface area contributed by atoms with E-state index in [-0.39, 0.29) is 24.5 Å². The fourth-order valence-corrected chi connectivity index (χ4v) is 9.02. The Bertz CT molecular complexity index is 1670. The minimum Gasteiger partial charge on any atom is -0.396 e. The lowest BCUT2D eigenvalue weighted by atomic mass is 9.81. The molecule has 8 heteroatoms. The van der Waals surface area contributed by atoms with Crippen LogP contribution in [0, 0.1) is 0 Å². The van der Waals surface area contributed by atoms with Gasteiger partial charge in [0.2, 0.25) is 0 Å². The number of aromatic nitrogens is 1. The Hall–Kier alpha value is -3.46. The number of nitrogens with one attached hydrogen (secondary N) is 1. The second-order valence-electron chi connectivity index (χ2n) is 15.4. The van der Waals surface area contributed by atoms with Gasteiger partial charge in [-0.15, -0.1) is 0 Å². The number of piperidine rings is 1. The largest absolute Gasteiger partial charge is 0.396 e. The Kier molecular flexibility index (Phi) is 12.7. The van der Waals surface area contributed by atoms with Crippen LogP contribution in [0.3, 0.4) is 0 Å². The first-order valence-electron chi connectivity index (χ1n) is 19.9. The average molecular weight is 696 g/mol. The lowest BCUT2D eigenvalue weighted by Gasteiger charge is -2.38. The molecular weight excluding hydrogens is 635 g/mol. The van der Waals surface area contributed by atoms with Crippen LogP contribution in [0.1, 0.15) is 112 Å². The van der Waals surface area contributed by atoms with Gasteiger partial charge in [0.1, 0.15) is 0 Å². The molecule has 276 valence electrons. The second kappa shape index (κ2) is 17.4. The summed E-state index contributed by atoms with van der Waals surface area (Å²) in [6.07, 6.45) is 14.1. The maximum atomic E-state index is 14.5. The zero-order valence-electron chi connectivity index (χ0n) is 31.6. The molecule has 0 bridgehead atoms. The van der Waals surface area contributed by atoms with Crippen LogP contribution in [0.2, 0.25) is 0 Å². The molecule has 2 aromatic carbocycles. The van der Waals surface area contributed by atoms with E-state index < -0.39 is 0 Å². The monoisotopic (exact) mass is 695 g/mol. The highest BCUT2D eigenvalue weighted by Gasteiger charge is 2.33. The highest BCUT2D eigenvalue weighted by atomic mass is 16.3. The number of carbonyl (C=O) groups excluding carboxylic acids is 2. The Balaban J connectivity index is 1.35. The van der Waals surface area contributed by atoms with Crippen molar-refractivity contribution >= 4 is 28.8 Å². The summed E-state index contributed by atoms with van der Waals surface area (Å²) in [6, 6.07) is 15.5. The minimum atomic E-state index is -0.0913. The summed E-state index contributed by atoms with van der Waals surface area (Å²) in [7, 11) is 4.03. The van der Waals surface area contributed by atoms with Crippen LogP contribution in [0.15, 0.2) is 48.0 Å². The van der Waals surface area contributed by atoms with Gasteiger partial charge in [0.25, 0.3) is 11.8 Å². The van der Waals surface area contributed by atoms with Crippen LogP contribution in [0.5, 0.6) is 0 Å². The summed E-state index contributed by atoms with van der Waals surface area (Å²) < 4.78 is 2.37. The van der Waals surface area contributed by atoms with Crippen LogP contribution >= 0.6 is 0 Å². The lowest BCUT2D eigenvalue weighted by Crippen LogP contribution is -2.47. The number of hydrogen-bond acceptors (Lipinski definition) is 5. The third kappa shape index (κ3) is 8.29. The molecule has 1 saturated carbocycles. The number of amides is 2. The zero-order chi connectivity index (χ0) is 35.9. The molecule has 3 aromatic rings. The third-order valence-corrected chi connectivity index (χ3v) is 11.7. The molecule has 3 aliphatic rings. The Morgan fingerprint density at radius 3 is 2.37 bits per heavy atom. The number of benzene rings is 2. The summed E-state index contributed by atoms with van der Waals surface area (Å²) in [5.74, 6) is 0.496. The van der Waals surface area contributed by atoms with Crippen LogP contribution < -0.4 is 5.32 Å². The summed E-state index contributed by atoms with van der Waals surface area (Å²) in [5, 5.41) is 13.8. The first-order valence-corrected chi connectivity index (χ1v) is 19.9. The molecule has 51 heavy (non-hydrogen) atoms. The lowest BCUT2D eigenvalue weighted by molar-refractivity contribution is -0.128. The molecule has 0 unspecified atom stereocenters. The number of likely N-dealkylation sites (N-methyl/N-ethyl adjacent to an activating group) is 1. The summed E-state index contributed by atoms with van der Waals surface area (Å²) >= 11 is 0. The van der Waals surface area contributed by atoms with Gasteiger partial charge in [-0.1, -0.05) is 63.4 Å². The van der Waals surface area contributed by atoms with Crippen molar-refractivity contribution in [1.82, 2.24) is 24.6 Å². The maximum Gasteiger partial charge on any atom is 0.251 e. The Labute approximate surface area is 305 Å². The molecular formula is C43H61N5O3. The van der Waals surface area contributed by atoms with Crippen LogP contribution in [0.4, 0.5) is 0 Å². The van der Waals surface area contributed by atoms with Gasteiger partial charge in [0, 0.05) is 65.9 Å². The van der Waals surface area contributed by atoms with Gasteiger partial charge < -0.3 is 29.7 Å². The minimum absolute atomic E-state index is 0.0913. The van der Waals surface area contributed by atoms with E-state index in [4.69, 9.17) is 0 Å². The van der Waals surface area contributed by atoms with Crippen molar-refractivity contribution in [3.8, 4) is 11.3 Å². The fourth-order valence-electron chi connectivity index (χ4n) is 9.02. The van der Waals surface area contributed by atoms with Crippen molar-refractivity contribution in [3.63, 3.8) is 0 Å². The molecule has 0 spiro atoms. The van der Waals surface area contributed by atoms with E-state index >= 15 is 0 Å². The molecule has 1 saturated heterocycles. The smallest absolute Gasteiger partial charge is 0.251 e. The number of nitrogens with zero attached hydrogens (tertiary/aromatic N) is 4. The third-order valence-electron chi connectivity index (χ3n) is 11.7. The normalized spacial score (nSPS) is 17.7. The van der Waals surface area contributed by atoms with Crippen molar-refractivity contribution < 1.29 is 14.7 Å². The number of aliphatic hydroxyl groups excluding tert-OH is 1. The molecule has 8 nitrogen and oxygen atoms in total. The van der Waals surface area contributed by atoms with Gasteiger partial charge in [-0.2, -0.15) is 0 Å². The molecule has 2 fully saturated rings. The van der Waals surface area contributed by atoms with E-state index in [1.165, 1.54) is 41.5 Å². The molecule has 1 aliphatic carbocycles. The van der Waals surface area contributed by atoms with E-state index in [9.17, 15) is 14.7 Å². The number of carbonyl (C=O) groups is 2. The van der Waals surface area contributed by atoms with Crippen molar-refractivity contribution in [2.45, 2.75) is 109 Å². The molecule has 3 heterocycles. The predicted octanol–water partition coefficient (Wildman–Crippen LogP) is 7.30. The van der Waals surface area contributed by atoms with Crippen LogP contribution in [-0.4, -0.2) is 102 Å². The van der Waals surface area contributed by atoms with Crippen LogP contribution in [0.25, 0.3) is 28.2 Å². The maximum absolute atomic E-state index is 14.5. The van der Waals surface area contributed by atoms with Gasteiger partial charge in [-0.05, 0) is 114 Å². The van der Waals surface area contributed by atoms with E-state index in [1.54, 1.807) is 0 Å². The topological polar surface area (TPSA) is 81.1 Å². The summed E-state index contributed by atoms with van der Waals surface area (Å²) in [4.78, 5) is 35.0. The van der Waals surface area contributed by atoms with Crippen molar-refractivity contribution in [1.29, 1.82) is 0 Å². The standard InChI is InChI=1S/C43H61N5O3/c1-5-22-46(23-6-2)35-20-24-47(25-21-35)43(51)34-27-32-15-10-11-17-37(32)41-40(31-13-8-7-9-14-31)38-19-18-33(28-39(38)48(41)30-34)42(50)44-29-36(45(3)4)16-12-26-49/h10-11,15,17-19,27-28,31,35-36,49H,5-9,12-14,16,20-26,29-30H2,1-4H3,(H,44,50)/t36-/m0/s1. The summed E-state index contributed by atoms with van der Waals surface area (Å²) in [5.41, 5.74) is 7.36. The highest BCUT2D eigenvalue weighted by molar-refractivity contribution is 6.04. The highest BCUT2D eigenvalue weighted by Crippen LogP contribution is 2.46. The first-order chi connectivity index (χ1) is 24.8. The molecule has 2 aliphatic heterocycles. The van der Waals surface area contributed by atoms with Gasteiger partial charge in [-0.25, -0.2) is 0 Å². The average Bonchev–Trinajstić information content (AvgIpc) is 3.36. The molecule has 6 rings (SSSR count). The number of rotatable bonds is 14. The van der Waals surface area contributed by atoms with Gasteiger partial charge in [0.05, 0.1) is 12.2 Å². The Morgan fingerprint density at radius 1 is 0.961 bits per heavy atom. The van der Waals surface area contributed by atoms with Crippen molar-refractivity contribution in [2.24, 2.45) is 0 Å². The van der Waals surface area contributed by atoms with Gasteiger partial charge in [-0.3, -0.25) is 9.59 Å². The molecule has 1 atom stereocenters. The van der Waals surface area contributed by atoms with E-state index in [2.05, 4.69) is 80.9 Å². The van der Waals surface area contributed by atoms with Gasteiger partial charge >= 0.3 is 0 Å². The summed E-state index contributed by atoms with van der Waals surface area (Å²) in [6.45, 7) is 9.49. The SMILES string of the molecule is CCCN(CCC)C1CCN(C(=O)C2=Cc3ccccc3-c3c(C4CCCCC4)c4ccc(C(=O)NC[C@H](CCCO)N(C)C)cc4n3C2)CC1. The molecule has 0 radical (unpaired) electrons. The molecule has 1 aromatic heterocycles. The number of aliphatic hydroxyl groups is 1. The van der Waals surface area contributed by atoms with Gasteiger partial charge in [0.15, 0.2) is 0 Å². The molecule has 2 amide bonds. The number of fused-ring (bicyclic) bond motifs is 5. The van der Waals surface area contributed by atoms with E-state index in [0.717, 1.165) is 87.8 Å². The molecule has 2 N–H and O–H groups in total. The van der Waals surface area contributed by atoms with Crippen LogP contribution in [-0.2, 0) is 11.3 Å². The number of likely N-dealkylation sites (tertiary alicyclic amines) is 1. The zero-order valence-corrected chi connectivity index (χ0v) is 31.6. The fraction of sp³-hybridized carbons (Fsp3) is 0.581. The van der Waals surface area contributed by atoms with Crippen molar-refractivity contribution in [2.75, 3.05) is 53.4 Å². The van der Waals surface area contributed by atoms with E-state index in [0.29, 0.717) is 37.0 Å². The Morgan fingerprint density at radius 2 is 1.69 bits per heavy atom.